The molecule has 3 nitrogen and oxygen atoms in total. The van der Waals surface area contributed by atoms with E-state index in [1.54, 1.807) is 19.1 Å². The lowest BCUT2D eigenvalue weighted by Gasteiger charge is -2.09. The first-order valence-electron chi connectivity index (χ1n) is 6.14. The Morgan fingerprint density at radius 2 is 2.00 bits per heavy atom. The zero-order valence-electron chi connectivity index (χ0n) is 11.3. The topological polar surface area (TPSA) is 34.2 Å². The Kier molecular flexibility index (Phi) is 4.12. The van der Waals surface area contributed by atoms with Gasteiger partial charge in [0.25, 0.3) is 0 Å². The number of hydrogen-bond donors (Lipinski definition) is 1. The number of nitrogens with one attached hydrogen (secondary N) is 1. The molecule has 1 aromatic carbocycles. The van der Waals surface area contributed by atoms with Gasteiger partial charge in [0.2, 0.25) is 5.88 Å². The van der Waals surface area contributed by atoms with Crippen LogP contribution in [0, 0.1) is 19.7 Å². The summed E-state index contributed by atoms with van der Waals surface area (Å²) in [6.07, 6.45) is 0. The fourth-order valence-corrected chi connectivity index (χ4v) is 1.87. The molecule has 0 bridgehead atoms. The quantitative estimate of drug-likeness (QED) is 0.915. The van der Waals surface area contributed by atoms with E-state index < -0.39 is 0 Å². The lowest BCUT2D eigenvalue weighted by atomic mass is 10.2. The van der Waals surface area contributed by atoms with E-state index in [-0.39, 0.29) is 5.82 Å². The summed E-state index contributed by atoms with van der Waals surface area (Å²) in [5.41, 5.74) is 2.55. The van der Waals surface area contributed by atoms with Gasteiger partial charge in [-0.2, -0.15) is 0 Å². The Labute approximate surface area is 112 Å². The molecule has 2 rings (SSSR count). The van der Waals surface area contributed by atoms with E-state index in [4.69, 9.17) is 4.74 Å². The van der Waals surface area contributed by atoms with Crippen LogP contribution in [0.5, 0.6) is 11.6 Å². The molecule has 0 saturated heterocycles. The van der Waals surface area contributed by atoms with Crippen LogP contribution in [0.25, 0.3) is 0 Å². The van der Waals surface area contributed by atoms with Crippen LogP contribution in [-0.4, -0.2) is 12.0 Å². The first kappa shape index (κ1) is 13.5. The van der Waals surface area contributed by atoms with Crippen LogP contribution in [0.1, 0.15) is 16.8 Å². The molecule has 0 aliphatic rings. The Balaban J connectivity index is 2.24. The average molecular weight is 260 g/mol. The molecule has 2 aromatic rings. The van der Waals surface area contributed by atoms with Gasteiger partial charge in [-0.3, -0.25) is 0 Å². The van der Waals surface area contributed by atoms with Crippen molar-refractivity contribution in [1.29, 1.82) is 0 Å². The summed E-state index contributed by atoms with van der Waals surface area (Å²) in [5, 5.41) is 3.09. The van der Waals surface area contributed by atoms with E-state index in [9.17, 15) is 4.39 Å². The minimum Gasteiger partial charge on any atom is -0.439 e. The van der Waals surface area contributed by atoms with Crippen LogP contribution in [0.3, 0.4) is 0 Å². The van der Waals surface area contributed by atoms with Gasteiger partial charge < -0.3 is 10.1 Å². The fraction of sp³-hybridized carbons (Fsp3) is 0.267. The number of aromatic nitrogens is 1. The molecule has 0 fully saturated rings. The van der Waals surface area contributed by atoms with Crippen LogP contribution in [-0.2, 0) is 6.54 Å². The molecule has 0 radical (unpaired) electrons. The minimum atomic E-state index is -0.236. The van der Waals surface area contributed by atoms with Crippen LogP contribution in [0.15, 0.2) is 30.3 Å². The highest BCUT2D eigenvalue weighted by atomic mass is 19.1. The predicted octanol–water partition coefficient (Wildman–Crippen LogP) is 3.35. The molecular formula is C15H17FN2O. The van der Waals surface area contributed by atoms with Crippen LogP contribution >= 0.6 is 0 Å². The number of ether oxygens (including phenoxy) is 1. The number of hydrogen-bond acceptors (Lipinski definition) is 3. The third-order valence-electron chi connectivity index (χ3n) is 2.72. The van der Waals surface area contributed by atoms with Crippen molar-refractivity contribution < 1.29 is 9.13 Å². The summed E-state index contributed by atoms with van der Waals surface area (Å²) in [5.74, 6) is 0.879. The molecule has 1 aromatic heterocycles. The molecule has 0 amide bonds. The summed E-state index contributed by atoms with van der Waals surface area (Å²) in [7, 11) is 1.89. The lowest BCUT2D eigenvalue weighted by molar-refractivity contribution is 0.458. The summed E-state index contributed by atoms with van der Waals surface area (Å²) in [6, 6.07) is 8.54. The van der Waals surface area contributed by atoms with Crippen molar-refractivity contribution in [3.05, 3.63) is 53.0 Å². The maximum Gasteiger partial charge on any atom is 0.219 e. The molecule has 0 saturated carbocycles. The first-order chi connectivity index (χ1) is 9.08. The van der Waals surface area contributed by atoms with Crippen molar-refractivity contribution in [2.75, 3.05) is 7.05 Å². The van der Waals surface area contributed by atoms with E-state index in [0.717, 1.165) is 17.8 Å². The molecule has 1 heterocycles. The molecule has 0 aliphatic carbocycles. The van der Waals surface area contributed by atoms with Crippen LogP contribution in [0.2, 0.25) is 0 Å². The van der Waals surface area contributed by atoms with E-state index in [1.807, 2.05) is 26.1 Å². The molecule has 19 heavy (non-hydrogen) atoms. The van der Waals surface area contributed by atoms with Crippen molar-refractivity contribution >= 4 is 0 Å². The highest BCUT2D eigenvalue weighted by molar-refractivity contribution is 5.33. The third kappa shape index (κ3) is 3.51. The number of aryl methyl sites for hydroxylation is 2. The second-order valence-electron chi connectivity index (χ2n) is 4.50. The molecule has 0 unspecified atom stereocenters. The van der Waals surface area contributed by atoms with E-state index in [1.165, 1.54) is 6.07 Å². The van der Waals surface area contributed by atoms with Gasteiger partial charge in [-0.25, -0.2) is 9.37 Å². The SMILES string of the molecule is CNCc1cc(C)nc(Oc2ccc(F)c(C)c2)c1. The summed E-state index contributed by atoms with van der Waals surface area (Å²) >= 11 is 0. The van der Waals surface area contributed by atoms with Crippen molar-refractivity contribution in [2.24, 2.45) is 0 Å². The number of pyridine rings is 1. The second kappa shape index (κ2) is 5.80. The predicted molar refractivity (Wildman–Crippen MR) is 72.9 cm³/mol. The Morgan fingerprint density at radius 3 is 2.68 bits per heavy atom. The van der Waals surface area contributed by atoms with Gasteiger partial charge in [0.15, 0.2) is 0 Å². The van der Waals surface area contributed by atoms with Gasteiger partial charge in [0.05, 0.1) is 0 Å². The third-order valence-corrected chi connectivity index (χ3v) is 2.72. The molecule has 4 heteroatoms. The van der Waals surface area contributed by atoms with Gasteiger partial charge in [-0.15, -0.1) is 0 Å². The maximum absolute atomic E-state index is 13.2. The largest absolute Gasteiger partial charge is 0.439 e. The molecule has 0 atom stereocenters. The monoisotopic (exact) mass is 260 g/mol. The zero-order chi connectivity index (χ0) is 13.8. The second-order valence-corrected chi connectivity index (χ2v) is 4.50. The molecule has 1 N–H and O–H groups in total. The standard InChI is InChI=1S/C15H17FN2O/c1-10-6-13(4-5-14(10)16)19-15-8-12(9-17-3)7-11(2)18-15/h4-8,17H,9H2,1-3H3. The summed E-state index contributed by atoms with van der Waals surface area (Å²) < 4.78 is 18.9. The van der Waals surface area contributed by atoms with E-state index in [2.05, 4.69) is 10.3 Å². The Bertz CT molecular complexity index is 584. The van der Waals surface area contributed by atoms with Crippen molar-refractivity contribution in [3.63, 3.8) is 0 Å². The van der Waals surface area contributed by atoms with Crippen LogP contribution in [0.4, 0.5) is 4.39 Å². The van der Waals surface area contributed by atoms with Gasteiger partial charge in [0, 0.05) is 18.3 Å². The zero-order valence-corrected chi connectivity index (χ0v) is 11.3. The fourth-order valence-electron chi connectivity index (χ4n) is 1.87. The molecule has 100 valence electrons. The lowest BCUT2D eigenvalue weighted by Crippen LogP contribution is -2.06. The molecule has 0 spiro atoms. The van der Waals surface area contributed by atoms with Gasteiger partial charge in [-0.05, 0) is 56.3 Å². The van der Waals surface area contributed by atoms with E-state index >= 15 is 0 Å². The first-order valence-corrected chi connectivity index (χ1v) is 6.14. The van der Waals surface area contributed by atoms with Crippen LogP contribution < -0.4 is 10.1 Å². The van der Waals surface area contributed by atoms with Gasteiger partial charge in [0.1, 0.15) is 11.6 Å². The van der Waals surface area contributed by atoms with E-state index in [0.29, 0.717) is 17.2 Å². The minimum absolute atomic E-state index is 0.236. The Hall–Kier alpha value is -1.94. The average Bonchev–Trinajstić information content (AvgIpc) is 2.33. The summed E-state index contributed by atoms with van der Waals surface area (Å²) in [4.78, 5) is 4.32. The molecular weight excluding hydrogens is 243 g/mol. The van der Waals surface area contributed by atoms with Crippen molar-refractivity contribution in [2.45, 2.75) is 20.4 Å². The van der Waals surface area contributed by atoms with Crippen molar-refractivity contribution in [3.8, 4) is 11.6 Å². The van der Waals surface area contributed by atoms with Gasteiger partial charge >= 0.3 is 0 Å². The smallest absolute Gasteiger partial charge is 0.219 e. The molecule has 0 aliphatic heterocycles. The summed E-state index contributed by atoms with van der Waals surface area (Å²) in [6.45, 7) is 4.38. The van der Waals surface area contributed by atoms with Gasteiger partial charge in [-0.1, -0.05) is 0 Å². The highest BCUT2D eigenvalue weighted by Gasteiger charge is 2.04. The number of benzene rings is 1. The maximum atomic E-state index is 13.2. The normalized spacial score (nSPS) is 10.5. The number of rotatable bonds is 4. The number of nitrogens with zero attached hydrogens (tertiary/aromatic N) is 1. The highest BCUT2D eigenvalue weighted by Crippen LogP contribution is 2.23. The van der Waals surface area contributed by atoms with Crippen molar-refractivity contribution in [1.82, 2.24) is 10.3 Å². The Morgan fingerprint density at radius 1 is 1.21 bits per heavy atom. The number of halogens is 1.